The van der Waals surface area contributed by atoms with E-state index in [1.54, 1.807) is 6.92 Å². The third-order valence-electron chi connectivity index (χ3n) is 4.29. The van der Waals surface area contributed by atoms with Crippen LogP contribution in [0.3, 0.4) is 0 Å². The highest BCUT2D eigenvalue weighted by Gasteiger charge is 2.40. The number of rotatable bonds is 2. The van der Waals surface area contributed by atoms with Gasteiger partial charge in [0, 0.05) is 29.4 Å². The zero-order valence-electron chi connectivity index (χ0n) is 12.1. The van der Waals surface area contributed by atoms with Gasteiger partial charge in [-0.25, -0.2) is 4.79 Å². The minimum absolute atomic E-state index is 0.126. The number of carbonyl (C=O) groups is 2. The number of carbonyl (C=O) groups excluding carboxylic acids is 1. The van der Waals surface area contributed by atoms with E-state index in [1.807, 2.05) is 31.2 Å². The summed E-state index contributed by atoms with van der Waals surface area (Å²) in [6.45, 7) is 3.64. The molecule has 2 atom stereocenters. The van der Waals surface area contributed by atoms with E-state index in [0.29, 0.717) is 12.8 Å². The summed E-state index contributed by atoms with van der Waals surface area (Å²) in [6.07, 6.45) is 0.661. The van der Waals surface area contributed by atoms with Crippen LogP contribution in [-0.2, 0) is 16.0 Å². The van der Waals surface area contributed by atoms with Crippen LogP contribution in [0, 0.1) is 0 Å². The lowest BCUT2D eigenvalue weighted by Gasteiger charge is -2.38. The van der Waals surface area contributed by atoms with Crippen molar-refractivity contribution in [1.29, 1.82) is 0 Å². The first-order valence-corrected chi connectivity index (χ1v) is 7.18. The number of carboxylic acids is 1. The molecule has 0 spiro atoms. The number of H-pyrrole nitrogens is 1. The molecule has 21 heavy (non-hydrogen) atoms. The maximum atomic E-state index is 12.2. The Labute approximate surface area is 122 Å². The van der Waals surface area contributed by atoms with Gasteiger partial charge >= 0.3 is 5.97 Å². The minimum atomic E-state index is -0.945. The third-order valence-corrected chi connectivity index (χ3v) is 4.29. The van der Waals surface area contributed by atoms with Gasteiger partial charge in [0.1, 0.15) is 6.04 Å². The molecule has 0 aliphatic carbocycles. The number of nitrogens with one attached hydrogen (secondary N) is 1. The molecule has 2 aromatic rings. The van der Waals surface area contributed by atoms with Crippen molar-refractivity contribution in [2.24, 2.45) is 0 Å². The van der Waals surface area contributed by atoms with Gasteiger partial charge in [-0.2, -0.15) is 0 Å². The van der Waals surface area contributed by atoms with Gasteiger partial charge in [0.25, 0.3) is 0 Å². The van der Waals surface area contributed by atoms with Crippen LogP contribution in [-0.4, -0.2) is 32.9 Å². The quantitative estimate of drug-likeness (QED) is 0.890. The number of nitrogens with zero attached hydrogens (tertiary/aromatic N) is 1. The Balaban J connectivity index is 2.16. The van der Waals surface area contributed by atoms with Gasteiger partial charge in [0.15, 0.2) is 0 Å². The van der Waals surface area contributed by atoms with E-state index >= 15 is 0 Å². The first kappa shape index (κ1) is 13.7. The number of hydrogen-bond donors (Lipinski definition) is 2. The van der Waals surface area contributed by atoms with Crippen LogP contribution in [0.4, 0.5) is 0 Å². The van der Waals surface area contributed by atoms with Crippen LogP contribution in [0.15, 0.2) is 24.3 Å². The largest absolute Gasteiger partial charge is 0.480 e. The maximum absolute atomic E-state index is 12.2. The molecule has 0 fully saturated rings. The van der Waals surface area contributed by atoms with E-state index in [1.165, 1.54) is 4.90 Å². The van der Waals surface area contributed by atoms with Crippen LogP contribution in [0.1, 0.15) is 37.6 Å². The number of para-hydroxylation sites is 1. The lowest BCUT2D eigenvalue weighted by atomic mass is 9.92. The Bertz CT molecular complexity index is 719. The second-order valence-corrected chi connectivity index (χ2v) is 5.45. The zero-order valence-corrected chi connectivity index (χ0v) is 12.1. The van der Waals surface area contributed by atoms with Gasteiger partial charge < -0.3 is 15.0 Å². The van der Waals surface area contributed by atoms with Crippen molar-refractivity contribution in [1.82, 2.24) is 9.88 Å². The standard InChI is InChI=1S/C16H18N2O3/c1-3-14(19)18-9(2)15-11(8-13(18)16(20)21)10-6-4-5-7-12(10)17-15/h4-7,9,13,17H,3,8H2,1-2H3,(H,20,21)/t9-,13-/m1/s1. The minimum Gasteiger partial charge on any atom is -0.480 e. The molecule has 0 saturated heterocycles. The maximum Gasteiger partial charge on any atom is 0.326 e. The number of aromatic amines is 1. The fourth-order valence-corrected chi connectivity index (χ4v) is 3.28. The summed E-state index contributed by atoms with van der Waals surface area (Å²) < 4.78 is 0. The van der Waals surface area contributed by atoms with Crippen LogP contribution in [0.5, 0.6) is 0 Å². The predicted octanol–water partition coefficient (Wildman–Crippen LogP) is 2.48. The Hall–Kier alpha value is -2.30. The summed E-state index contributed by atoms with van der Waals surface area (Å²) >= 11 is 0. The molecule has 1 aliphatic rings. The van der Waals surface area contributed by atoms with Crippen molar-refractivity contribution < 1.29 is 14.7 Å². The molecule has 0 radical (unpaired) electrons. The fourth-order valence-electron chi connectivity index (χ4n) is 3.28. The highest BCUT2D eigenvalue weighted by molar-refractivity contribution is 5.89. The topological polar surface area (TPSA) is 73.4 Å². The molecule has 1 aromatic heterocycles. The number of aliphatic carboxylic acids is 1. The van der Waals surface area contributed by atoms with E-state index in [9.17, 15) is 14.7 Å². The first-order chi connectivity index (χ1) is 10.0. The van der Waals surface area contributed by atoms with Crippen LogP contribution in [0.2, 0.25) is 0 Å². The number of fused-ring (bicyclic) bond motifs is 3. The Morgan fingerprint density at radius 1 is 1.38 bits per heavy atom. The molecule has 5 nitrogen and oxygen atoms in total. The van der Waals surface area contributed by atoms with E-state index in [0.717, 1.165) is 22.2 Å². The number of hydrogen-bond acceptors (Lipinski definition) is 2. The van der Waals surface area contributed by atoms with Gasteiger partial charge in [-0.3, -0.25) is 4.79 Å². The van der Waals surface area contributed by atoms with Crippen molar-refractivity contribution in [3.63, 3.8) is 0 Å². The van der Waals surface area contributed by atoms with Crippen molar-refractivity contribution in [2.45, 2.75) is 38.8 Å². The van der Waals surface area contributed by atoms with Gasteiger partial charge in [-0.1, -0.05) is 25.1 Å². The molecule has 0 bridgehead atoms. The third kappa shape index (κ3) is 2.00. The number of carboxylic acid groups (broad SMARTS) is 1. The molecule has 0 unspecified atom stereocenters. The zero-order chi connectivity index (χ0) is 15.1. The van der Waals surface area contributed by atoms with E-state index in [-0.39, 0.29) is 11.9 Å². The summed E-state index contributed by atoms with van der Waals surface area (Å²) in [7, 11) is 0. The van der Waals surface area contributed by atoms with Crippen molar-refractivity contribution >= 4 is 22.8 Å². The monoisotopic (exact) mass is 286 g/mol. The fraction of sp³-hybridized carbons (Fsp3) is 0.375. The van der Waals surface area contributed by atoms with Crippen LogP contribution >= 0.6 is 0 Å². The molecular weight excluding hydrogens is 268 g/mol. The smallest absolute Gasteiger partial charge is 0.326 e. The second kappa shape index (κ2) is 4.91. The Morgan fingerprint density at radius 2 is 2.10 bits per heavy atom. The normalized spacial score (nSPS) is 21.3. The average molecular weight is 286 g/mol. The SMILES string of the molecule is CCC(=O)N1[C@@H](C(=O)O)Cc2c([nH]c3ccccc23)[C@H]1C. The molecule has 2 heterocycles. The van der Waals surface area contributed by atoms with Crippen molar-refractivity contribution in [2.75, 3.05) is 0 Å². The van der Waals surface area contributed by atoms with Gasteiger partial charge in [0.2, 0.25) is 5.91 Å². The lowest BCUT2D eigenvalue weighted by molar-refractivity contribution is -0.153. The summed E-state index contributed by atoms with van der Waals surface area (Å²) in [6, 6.07) is 6.81. The predicted molar refractivity (Wildman–Crippen MR) is 79.0 cm³/mol. The van der Waals surface area contributed by atoms with Gasteiger partial charge in [0.05, 0.1) is 6.04 Å². The lowest BCUT2D eigenvalue weighted by Crippen LogP contribution is -2.50. The van der Waals surface area contributed by atoms with Crippen molar-refractivity contribution in [3.05, 3.63) is 35.5 Å². The molecule has 0 saturated carbocycles. The van der Waals surface area contributed by atoms with E-state index in [2.05, 4.69) is 4.98 Å². The molecule has 110 valence electrons. The Kier molecular flexibility index (Phi) is 3.20. The highest BCUT2D eigenvalue weighted by Crippen LogP contribution is 2.37. The van der Waals surface area contributed by atoms with E-state index < -0.39 is 12.0 Å². The van der Waals surface area contributed by atoms with Gasteiger partial charge in [-0.15, -0.1) is 0 Å². The highest BCUT2D eigenvalue weighted by atomic mass is 16.4. The Morgan fingerprint density at radius 3 is 2.76 bits per heavy atom. The summed E-state index contributed by atoms with van der Waals surface area (Å²) in [5, 5.41) is 10.6. The molecule has 1 aromatic carbocycles. The second-order valence-electron chi connectivity index (χ2n) is 5.45. The molecule has 1 aliphatic heterocycles. The molecular formula is C16H18N2O3. The average Bonchev–Trinajstić information content (AvgIpc) is 2.85. The molecule has 3 rings (SSSR count). The first-order valence-electron chi connectivity index (χ1n) is 7.18. The number of benzene rings is 1. The van der Waals surface area contributed by atoms with Gasteiger partial charge in [-0.05, 0) is 18.6 Å². The summed E-state index contributed by atoms with van der Waals surface area (Å²) in [4.78, 5) is 28.6. The number of amides is 1. The summed E-state index contributed by atoms with van der Waals surface area (Å²) in [5.74, 6) is -1.07. The number of aromatic nitrogens is 1. The van der Waals surface area contributed by atoms with Crippen LogP contribution in [0.25, 0.3) is 10.9 Å². The molecule has 5 heteroatoms. The molecule has 2 N–H and O–H groups in total. The summed E-state index contributed by atoms with van der Waals surface area (Å²) in [5.41, 5.74) is 2.96. The molecule has 1 amide bonds. The van der Waals surface area contributed by atoms with E-state index in [4.69, 9.17) is 0 Å². The van der Waals surface area contributed by atoms with Crippen LogP contribution < -0.4 is 0 Å². The van der Waals surface area contributed by atoms with Crippen molar-refractivity contribution in [3.8, 4) is 0 Å².